The molecule has 5 nitrogen and oxygen atoms in total. The third kappa shape index (κ3) is 5.19. The third-order valence-corrected chi connectivity index (χ3v) is 5.09. The topological polar surface area (TPSA) is 51.9 Å². The molecule has 0 saturated heterocycles. The Morgan fingerprint density at radius 2 is 1.76 bits per heavy atom. The Kier molecular flexibility index (Phi) is 6.95. The largest absolute Gasteiger partial charge is 0.497 e. The molecule has 3 aromatic rings. The average Bonchev–Trinajstić information content (AvgIpc) is 3.27. The summed E-state index contributed by atoms with van der Waals surface area (Å²) in [6, 6.07) is 19.8. The van der Waals surface area contributed by atoms with Crippen LogP contribution < -0.4 is 9.47 Å². The minimum atomic E-state index is 0.0231. The highest BCUT2D eigenvalue weighted by Crippen LogP contribution is 2.35. The van der Waals surface area contributed by atoms with E-state index in [0.717, 1.165) is 34.8 Å². The standard InChI is InChI=1S/C24H27NO4/c1-18(26)25(17-21-7-6-16-29-21)15-14-22(19-10-12-20(27-2)13-11-19)23-8-4-5-9-24(23)28-3/h4-13,16,22H,14-15,17H2,1-3H3. The minimum absolute atomic E-state index is 0.0231. The van der Waals surface area contributed by atoms with Gasteiger partial charge in [0.15, 0.2) is 0 Å². The highest BCUT2D eigenvalue weighted by molar-refractivity contribution is 5.73. The normalized spacial score (nSPS) is 11.7. The van der Waals surface area contributed by atoms with Gasteiger partial charge in [0.05, 0.1) is 27.0 Å². The molecule has 1 atom stereocenters. The lowest BCUT2D eigenvalue weighted by Gasteiger charge is -2.25. The SMILES string of the molecule is COc1ccc(C(CCN(Cc2ccco2)C(C)=O)c2ccccc2OC)cc1. The second-order valence-electron chi connectivity index (χ2n) is 6.88. The molecule has 0 aliphatic rings. The van der Waals surface area contributed by atoms with Crippen LogP contribution in [-0.4, -0.2) is 31.6 Å². The molecule has 0 saturated carbocycles. The number of benzene rings is 2. The zero-order valence-corrected chi connectivity index (χ0v) is 17.1. The maximum Gasteiger partial charge on any atom is 0.219 e. The van der Waals surface area contributed by atoms with Crippen molar-refractivity contribution < 1.29 is 18.7 Å². The Morgan fingerprint density at radius 3 is 2.38 bits per heavy atom. The van der Waals surface area contributed by atoms with E-state index < -0.39 is 0 Å². The van der Waals surface area contributed by atoms with Gasteiger partial charge in [0, 0.05) is 24.9 Å². The number of methoxy groups -OCH3 is 2. The first-order valence-electron chi connectivity index (χ1n) is 9.67. The van der Waals surface area contributed by atoms with Gasteiger partial charge in [-0.3, -0.25) is 4.79 Å². The van der Waals surface area contributed by atoms with Crippen LogP contribution in [0.4, 0.5) is 0 Å². The van der Waals surface area contributed by atoms with Gasteiger partial charge in [0.1, 0.15) is 17.3 Å². The van der Waals surface area contributed by atoms with Crippen molar-refractivity contribution in [2.75, 3.05) is 20.8 Å². The lowest BCUT2D eigenvalue weighted by atomic mass is 9.87. The maximum atomic E-state index is 12.2. The van der Waals surface area contributed by atoms with Crippen molar-refractivity contribution >= 4 is 5.91 Å². The number of para-hydroxylation sites is 1. The fraction of sp³-hybridized carbons (Fsp3) is 0.292. The van der Waals surface area contributed by atoms with E-state index in [4.69, 9.17) is 13.9 Å². The quantitative estimate of drug-likeness (QED) is 0.521. The minimum Gasteiger partial charge on any atom is -0.497 e. The number of amides is 1. The molecule has 152 valence electrons. The van der Waals surface area contributed by atoms with Gasteiger partial charge < -0.3 is 18.8 Å². The number of nitrogens with zero attached hydrogens (tertiary/aromatic N) is 1. The third-order valence-electron chi connectivity index (χ3n) is 5.09. The van der Waals surface area contributed by atoms with Crippen LogP contribution in [0.15, 0.2) is 71.3 Å². The lowest BCUT2D eigenvalue weighted by molar-refractivity contribution is -0.129. The number of hydrogen-bond donors (Lipinski definition) is 0. The first kappa shape index (κ1) is 20.5. The molecule has 29 heavy (non-hydrogen) atoms. The van der Waals surface area contributed by atoms with Gasteiger partial charge in [-0.25, -0.2) is 0 Å². The average molecular weight is 393 g/mol. The summed E-state index contributed by atoms with van der Waals surface area (Å²) in [7, 11) is 3.34. The van der Waals surface area contributed by atoms with Crippen LogP contribution in [0.5, 0.6) is 11.5 Å². The second-order valence-corrected chi connectivity index (χ2v) is 6.88. The van der Waals surface area contributed by atoms with Crippen LogP contribution >= 0.6 is 0 Å². The molecule has 0 spiro atoms. The lowest BCUT2D eigenvalue weighted by Crippen LogP contribution is -2.30. The summed E-state index contributed by atoms with van der Waals surface area (Å²) in [5.74, 6) is 2.54. The second kappa shape index (κ2) is 9.82. The van der Waals surface area contributed by atoms with E-state index in [0.29, 0.717) is 13.1 Å². The van der Waals surface area contributed by atoms with Crippen LogP contribution in [0.1, 0.15) is 36.1 Å². The Balaban J connectivity index is 1.86. The molecule has 0 radical (unpaired) electrons. The number of carbonyl (C=O) groups excluding carboxylic acids is 1. The summed E-state index contributed by atoms with van der Waals surface area (Å²) < 4.78 is 16.3. The van der Waals surface area contributed by atoms with Gasteiger partial charge in [0.2, 0.25) is 5.91 Å². The van der Waals surface area contributed by atoms with Crippen molar-refractivity contribution in [3.8, 4) is 11.5 Å². The summed E-state index contributed by atoms with van der Waals surface area (Å²) in [6.45, 7) is 2.66. The van der Waals surface area contributed by atoms with E-state index in [1.165, 1.54) is 0 Å². The molecule has 0 aliphatic heterocycles. The maximum absolute atomic E-state index is 12.2. The van der Waals surface area contributed by atoms with E-state index >= 15 is 0 Å². The number of carbonyl (C=O) groups is 1. The zero-order valence-electron chi connectivity index (χ0n) is 17.1. The monoisotopic (exact) mass is 393 g/mol. The van der Waals surface area contributed by atoms with Crippen molar-refractivity contribution in [3.05, 3.63) is 83.8 Å². The van der Waals surface area contributed by atoms with Crippen molar-refractivity contribution in [1.29, 1.82) is 0 Å². The predicted molar refractivity (Wildman–Crippen MR) is 112 cm³/mol. The molecule has 1 aromatic heterocycles. The first-order valence-corrected chi connectivity index (χ1v) is 9.67. The molecule has 0 N–H and O–H groups in total. The molecule has 5 heteroatoms. The number of furan rings is 1. The van der Waals surface area contributed by atoms with Gasteiger partial charge in [-0.15, -0.1) is 0 Å². The Morgan fingerprint density at radius 1 is 1.00 bits per heavy atom. The van der Waals surface area contributed by atoms with Crippen molar-refractivity contribution in [2.24, 2.45) is 0 Å². The number of rotatable bonds is 9. The van der Waals surface area contributed by atoms with Crippen LogP contribution in [-0.2, 0) is 11.3 Å². The molecular weight excluding hydrogens is 366 g/mol. The summed E-state index contributed by atoms with van der Waals surface area (Å²) in [5.41, 5.74) is 2.25. The predicted octanol–water partition coefficient (Wildman–Crippen LogP) is 4.87. The van der Waals surface area contributed by atoms with Gasteiger partial charge in [-0.2, -0.15) is 0 Å². The fourth-order valence-electron chi connectivity index (χ4n) is 3.52. The summed E-state index contributed by atoms with van der Waals surface area (Å²) in [5, 5.41) is 0. The Hall–Kier alpha value is -3.21. The van der Waals surface area contributed by atoms with E-state index in [1.807, 2.05) is 47.4 Å². The zero-order chi connectivity index (χ0) is 20.6. The molecule has 1 heterocycles. The number of ether oxygens (including phenoxy) is 2. The summed E-state index contributed by atoms with van der Waals surface area (Å²) in [6.07, 6.45) is 2.38. The van der Waals surface area contributed by atoms with E-state index in [-0.39, 0.29) is 11.8 Å². The van der Waals surface area contributed by atoms with Gasteiger partial charge in [0.25, 0.3) is 0 Å². The Bertz CT molecular complexity index is 903. The van der Waals surface area contributed by atoms with Gasteiger partial charge >= 0.3 is 0 Å². The molecule has 0 bridgehead atoms. The first-order chi connectivity index (χ1) is 14.1. The van der Waals surface area contributed by atoms with Crippen molar-refractivity contribution in [2.45, 2.75) is 25.8 Å². The summed E-state index contributed by atoms with van der Waals surface area (Å²) in [4.78, 5) is 14.0. The van der Waals surface area contributed by atoms with E-state index in [2.05, 4.69) is 18.2 Å². The molecule has 0 fully saturated rings. The smallest absolute Gasteiger partial charge is 0.219 e. The molecular formula is C24H27NO4. The van der Waals surface area contributed by atoms with Crippen molar-refractivity contribution in [3.63, 3.8) is 0 Å². The summed E-state index contributed by atoms with van der Waals surface area (Å²) >= 11 is 0. The molecule has 1 unspecified atom stereocenters. The van der Waals surface area contributed by atoms with Crippen LogP contribution in [0, 0.1) is 0 Å². The highest BCUT2D eigenvalue weighted by Gasteiger charge is 2.21. The molecule has 3 rings (SSSR count). The molecule has 2 aromatic carbocycles. The van der Waals surface area contributed by atoms with Gasteiger partial charge in [-0.05, 0) is 42.3 Å². The highest BCUT2D eigenvalue weighted by atomic mass is 16.5. The van der Waals surface area contributed by atoms with Crippen LogP contribution in [0.3, 0.4) is 0 Å². The van der Waals surface area contributed by atoms with E-state index in [1.54, 1.807) is 27.4 Å². The van der Waals surface area contributed by atoms with E-state index in [9.17, 15) is 4.79 Å². The Labute approximate surface area is 171 Å². The molecule has 1 amide bonds. The van der Waals surface area contributed by atoms with Gasteiger partial charge in [-0.1, -0.05) is 30.3 Å². The van der Waals surface area contributed by atoms with Crippen LogP contribution in [0.2, 0.25) is 0 Å². The van der Waals surface area contributed by atoms with Crippen LogP contribution in [0.25, 0.3) is 0 Å². The van der Waals surface area contributed by atoms with Crippen molar-refractivity contribution in [1.82, 2.24) is 4.90 Å². The molecule has 0 aliphatic carbocycles. The number of hydrogen-bond acceptors (Lipinski definition) is 4. The fourth-order valence-corrected chi connectivity index (χ4v) is 3.52.